The van der Waals surface area contributed by atoms with E-state index in [4.69, 9.17) is 16.3 Å². The summed E-state index contributed by atoms with van der Waals surface area (Å²) in [6, 6.07) is 1.08. The number of amides is 1. The van der Waals surface area contributed by atoms with Gasteiger partial charge in [0.05, 0.1) is 17.9 Å². The first-order valence-electron chi connectivity index (χ1n) is 5.87. The van der Waals surface area contributed by atoms with Crippen LogP contribution in [0.5, 0.6) is 0 Å². The normalized spacial score (nSPS) is 18.9. The number of nitrogens with one attached hydrogen (secondary N) is 1. The molecule has 2 heterocycles. The molecule has 1 aromatic heterocycles. The number of rotatable bonds is 4. The topological polar surface area (TPSA) is 51.2 Å². The lowest BCUT2D eigenvalue weighted by molar-refractivity contribution is 0.0906. The molecule has 0 bridgehead atoms. The van der Waals surface area contributed by atoms with E-state index in [-0.39, 0.29) is 16.8 Å². The first kappa shape index (κ1) is 13.2. The SMILES string of the molecule is O=C(NCCC1CCCO1)c1cc(F)cnc1Cl. The van der Waals surface area contributed by atoms with Crippen LogP contribution in [-0.2, 0) is 4.74 Å². The van der Waals surface area contributed by atoms with Gasteiger partial charge in [0.25, 0.3) is 5.91 Å². The molecular formula is C12H14ClFN2O2. The minimum absolute atomic E-state index is 0.00557. The maximum absolute atomic E-state index is 13.0. The Bertz CT molecular complexity index is 436. The zero-order chi connectivity index (χ0) is 13.0. The second-order valence-corrected chi connectivity index (χ2v) is 4.53. The average molecular weight is 273 g/mol. The minimum Gasteiger partial charge on any atom is -0.378 e. The second-order valence-electron chi connectivity index (χ2n) is 4.17. The van der Waals surface area contributed by atoms with Crippen LogP contribution in [0.1, 0.15) is 29.6 Å². The fourth-order valence-corrected chi connectivity index (χ4v) is 2.08. The van der Waals surface area contributed by atoms with E-state index in [1.807, 2.05) is 0 Å². The molecule has 1 N–H and O–H groups in total. The van der Waals surface area contributed by atoms with Crippen LogP contribution in [0.25, 0.3) is 0 Å². The Hall–Kier alpha value is -1.20. The van der Waals surface area contributed by atoms with Gasteiger partial charge in [-0.05, 0) is 25.3 Å². The summed E-state index contributed by atoms with van der Waals surface area (Å²) in [5, 5.41) is 2.69. The van der Waals surface area contributed by atoms with E-state index in [0.29, 0.717) is 6.54 Å². The molecule has 0 spiro atoms. The van der Waals surface area contributed by atoms with Crippen molar-refractivity contribution in [2.24, 2.45) is 0 Å². The van der Waals surface area contributed by atoms with Crippen LogP contribution in [0.3, 0.4) is 0 Å². The molecule has 1 aromatic rings. The van der Waals surface area contributed by atoms with Crippen molar-refractivity contribution >= 4 is 17.5 Å². The Morgan fingerprint density at radius 3 is 3.22 bits per heavy atom. The third-order valence-electron chi connectivity index (χ3n) is 2.83. The van der Waals surface area contributed by atoms with Gasteiger partial charge in [-0.1, -0.05) is 11.6 Å². The molecule has 1 amide bonds. The molecule has 18 heavy (non-hydrogen) atoms. The van der Waals surface area contributed by atoms with Crippen molar-refractivity contribution in [3.05, 3.63) is 28.8 Å². The number of ether oxygens (including phenoxy) is 1. The predicted octanol–water partition coefficient (Wildman–Crippen LogP) is 2.17. The summed E-state index contributed by atoms with van der Waals surface area (Å²) in [4.78, 5) is 15.3. The van der Waals surface area contributed by atoms with Crippen LogP contribution in [-0.4, -0.2) is 30.1 Å². The molecule has 98 valence electrons. The fourth-order valence-electron chi connectivity index (χ4n) is 1.90. The van der Waals surface area contributed by atoms with Crippen LogP contribution >= 0.6 is 11.6 Å². The Balaban J connectivity index is 1.85. The molecule has 1 aliphatic rings. The lowest BCUT2D eigenvalue weighted by Crippen LogP contribution is -2.27. The summed E-state index contributed by atoms with van der Waals surface area (Å²) in [6.07, 6.45) is 4.04. The molecule has 1 fully saturated rings. The number of hydrogen-bond donors (Lipinski definition) is 1. The summed E-state index contributed by atoms with van der Waals surface area (Å²) >= 11 is 5.73. The highest BCUT2D eigenvalue weighted by Crippen LogP contribution is 2.15. The van der Waals surface area contributed by atoms with Crippen molar-refractivity contribution in [2.75, 3.05) is 13.2 Å². The third kappa shape index (κ3) is 3.40. The number of hydrogen-bond acceptors (Lipinski definition) is 3. The largest absolute Gasteiger partial charge is 0.378 e. The Morgan fingerprint density at radius 2 is 2.50 bits per heavy atom. The molecule has 0 aromatic carbocycles. The fraction of sp³-hybridized carbons (Fsp3) is 0.500. The van der Waals surface area contributed by atoms with Crippen LogP contribution in [0.2, 0.25) is 5.15 Å². The summed E-state index contributed by atoms with van der Waals surface area (Å²) in [5.74, 6) is -0.992. The van der Waals surface area contributed by atoms with Crippen molar-refractivity contribution < 1.29 is 13.9 Å². The highest BCUT2D eigenvalue weighted by atomic mass is 35.5. The first-order chi connectivity index (χ1) is 8.66. The zero-order valence-electron chi connectivity index (χ0n) is 9.79. The molecule has 1 atom stereocenters. The maximum Gasteiger partial charge on any atom is 0.254 e. The quantitative estimate of drug-likeness (QED) is 0.855. The van der Waals surface area contributed by atoms with Gasteiger partial charge in [0.15, 0.2) is 0 Å². The standard InChI is InChI=1S/C12H14ClFN2O2/c13-11-10(6-8(14)7-16-11)12(17)15-4-3-9-2-1-5-18-9/h6-7,9H,1-5H2,(H,15,17). The molecule has 0 aliphatic carbocycles. The molecule has 4 nitrogen and oxygen atoms in total. The van der Waals surface area contributed by atoms with E-state index < -0.39 is 11.7 Å². The molecule has 0 radical (unpaired) electrons. The highest BCUT2D eigenvalue weighted by molar-refractivity contribution is 6.32. The van der Waals surface area contributed by atoms with Gasteiger partial charge in [-0.25, -0.2) is 9.37 Å². The molecule has 0 saturated carbocycles. The Labute approximate surface area is 109 Å². The van der Waals surface area contributed by atoms with E-state index in [1.54, 1.807) is 0 Å². The van der Waals surface area contributed by atoms with Gasteiger partial charge in [-0.3, -0.25) is 4.79 Å². The second kappa shape index (κ2) is 6.11. The zero-order valence-corrected chi connectivity index (χ0v) is 10.5. The summed E-state index contributed by atoms with van der Waals surface area (Å²) in [6.45, 7) is 1.27. The van der Waals surface area contributed by atoms with E-state index >= 15 is 0 Å². The van der Waals surface area contributed by atoms with E-state index in [2.05, 4.69) is 10.3 Å². The molecule has 6 heteroatoms. The van der Waals surface area contributed by atoms with Crippen LogP contribution < -0.4 is 5.32 Å². The number of aromatic nitrogens is 1. The van der Waals surface area contributed by atoms with E-state index in [0.717, 1.165) is 38.1 Å². The number of nitrogens with zero attached hydrogens (tertiary/aromatic N) is 1. The maximum atomic E-state index is 13.0. The van der Waals surface area contributed by atoms with Gasteiger partial charge in [0.1, 0.15) is 11.0 Å². The third-order valence-corrected chi connectivity index (χ3v) is 3.13. The Morgan fingerprint density at radius 1 is 1.67 bits per heavy atom. The van der Waals surface area contributed by atoms with E-state index in [9.17, 15) is 9.18 Å². The number of carbonyl (C=O) groups excluding carboxylic acids is 1. The average Bonchev–Trinajstić information content (AvgIpc) is 2.85. The molecule has 2 rings (SSSR count). The number of halogens is 2. The van der Waals surface area contributed by atoms with Crippen molar-refractivity contribution in [3.63, 3.8) is 0 Å². The molecule has 1 aliphatic heterocycles. The number of pyridine rings is 1. The van der Waals surface area contributed by atoms with Crippen molar-refractivity contribution in [1.29, 1.82) is 0 Å². The van der Waals surface area contributed by atoms with E-state index in [1.165, 1.54) is 0 Å². The summed E-state index contributed by atoms with van der Waals surface area (Å²) in [5.41, 5.74) is 0.0593. The lowest BCUT2D eigenvalue weighted by Gasteiger charge is -2.10. The monoisotopic (exact) mass is 272 g/mol. The lowest BCUT2D eigenvalue weighted by atomic mass is 10.2. The molecule has 1 unspecified atom stereocenters. The van der Waals surface area contributed by atoms with Gasteiger partial charge in [0.2, 0.25) is 0 Å². The van der Waals surface area contributed by atoms with Crippen molar-refractivity contribution in [2.45, 2.75) is 25.4 Å². The van der Waals surface area contributed by atoms with Gasteiger partial charge < -0.3 is 10.1 Å². The van der Waals surface area contributed by atoms with Crippen LogP contribution in [0.15, 0.2) is 12.3 Å². The highest BCUT2D eigenvalue weighted by Gasteiger charge is 2.16. The Kier molecular flexibility index (Phi) is 4.49. The summed E-state index contributed by atoms with van der Waals surface area (Å²) < 4.78 is 18.4. The van der Waals surface area contributed by atoms with Crippen molar-refractivity contribution in [3.8, 4) is 0 Å². The predicted molar refractivity (Wildman–Crippen MR) is 65.1 cm³/mol. The molecular weight excluding hydrogens is 259 g/mol. The van der Waals surface area contributed by atoms with Gasteiger partial charge in [-0.2, -0.15) is 0 Å². The van der Waals surface area contributed by atoms with Gasteiger partial charge >= 0.3 is 0 Å². The first-order valence-corrected chi connectivity index (χ1v) is 6.25. The number of carbonyl (C=O) groups is 1. The smallest absolute Gasteiger partial charge is 0.254 e. The summed E-state index contributed by atoms with van der Waals surface area (Å²) in [7, 11) is 0. The minimum atomic E-state index is -0.580. The van der Waals surface area contributed by atoms with Crippen molar-refractivity contribution in [1.82, 2.24) is 10.3 Å². The van der Waals surface area contributed by atoms with Crippen LogP contribution in [0.4, 0.5) is 4.39 Å². The van der Waals surface area contributed by atoms with Gasteiger partial charge in [-0.15, -0.1) is 0 Å². The van der Waals surface area contributed by atoms with Gasteiger partial charge in [0, 0.05) is 13.2 Å². The van der Waals surface area contributed by atoms with Crippen LogP contribution in [0, 0.1) is 5.82 Å². The molecule has 1 saturated heterocycles.